The molecular formula is C9H7BrO. The summed E-state index contributed by atoms with van der Waals surface area (Å²) < 4.78 is 1.04. The van der Waals surface area contributed by atoms with Gasteiger partial charge in [-0.25, -0.2) is 0 Å². The average molecular weight is 211 g/mol. The molecule has 0 fully saturated rings. The minimum absolute atomic E-state index is 0.593. The first-order valence-electron chi connectivity index (χ1n) is 3.19. The maximum Gasteiger partial charge on any atom is 0.107 e. The monoisotopic (exact) mass is 210 g/mol. The summed E-state index contributed by atoms with van der Waals surface area (Å²) in [5.74, 6) is 2.58. The van der Waals surface area contributed by atoms with Crippen LogP contribution < -0.4 is 0 Å². The molecule has 0 saturated heterocycles. The van der Waals surface area contributed by atoms with E-state index in [-0.39, 0.29) is 0 Å². The summed E-state index contributed by atoms with van der Waals surface area (Å²) in [5, 5.41) is 8.22. The zero-order valence-electron chi connectivity index (χ0n) is 5.84. The van der Waals surface area contributed by atoms with E-state index in [0.717, 1.165) is 10.0 Å². The van der Waals surface area contributed by atoms with Crippen LogP contribution in [0.2, 0.25) is 0 Å². The molecule has 0 heterocycles. The second kappa shape index (κ2) is 4.05. The molecule has 0 saturated carbocycles. The summed E-state index contributed by atoms with van der Waals surface area (Å²) in [6.45, 7) is 0. The van der Waals surface area contributed by atoms with Crippen LogP contribution in [0.15, 0.2) is 28.7 Å². The van der Waals surface area contributed by atoms with Gasteiger partial charge in [0.1, 0.15) is 6.11 Å². The van der Waals surface area contributed by atoms with Crippen LogP contribution in [0.4, 0.5) is 0 Å². The molecule has 1 aromatic carbocycles. The smallest absolute Gasteiger partial charge is 0.107 e. The normalized spacial score (nSPS) is 8.45. The SMILES string of the molecule is OC#CCc1cccc(Br)c1. The molecule has 0 bridgehead atoms. The van der Waals surface area contributed by atoms with Crippen LogP contribution >= 0.6 is 15.9 Å². The van der Waals surface area contributed by atoms with Crippen LogP contribution in [0.3, 0.4) is 0 Å². The number of hydrogen-bond acceptors (Lipinski definition) is 1. The van der Waals surface area contributed by atoms with E-state index in [2.05, 4.69) is 21.9 Å². The predicted molar refractivity (Wildman–Crippen MR) is 47.6 cm³/mol. The van der Waals surface area contributed by atoms with E-state index in [0.29, 0.717) is 6.42 Å². The molecule has 0 aliphatic carbocycles. The fraction of sp³-hybridized carbons (Fsp3) is 0.111. The quantitative estimate of drug-likeness (QED) is 0.706. The van der Waals surface area contributed by atoms with Gasteiger partial charge in [0.2, 0.25) is 0 Å². The van der Waals surface area contributed by atoms with E-state index in [1.54, 1.807) is 0 Å². The maximum absolute atomic E-state index is 8.22. The predicted octanol–water partition coefficient (Wildman–Crippen LogP) is 2.33. The molecule has 1 aromatic rings. The molecule has 0 amide bonds. The standard InChI is InChI=1S/C9H7BrO/c10-9-5-1-3-8(7-9)4-2-6-11/h1,3,5,7,11H,4H2. The van der Waals surface area contributed by atoms with Crippen molar-refractivity contribution in [2.45, 2.75) is 6.42 Å². The summed E-state index contributed by atoms with van der Waals surface area (Å²) in [5.41, 5.74) is 1.10. The second-order valence-electron chi connectivity index (χ2n) is 2.10. The Morgan fingerprint density at radius 2 is 2.27 bits per heavy atom. The lowest BCUT2D eigenvalue weighted by molar-refractivity contribution is 0.516. The Morgan fingerprint density at radius 3 is 2.91 bits per heavy atom. The Hall–Kier alpha value is -0.940. The van der Waals surface area contributed by atoms with Crippen molar-refractivity contribution in [1.29, 1.82) is 0 Å². The van der Waals surface area contributed by atoms with Gasteiger partial charge >= 0.3 is 0 Å². The fourth-order valence-corrected chi connectivity index (χ4v) is 1.24. The van der Waals surface area contributed by atoms with E-state index in [1.807, 2.05) is 30.4 Å². The first-order chi connectivity index (χ1) is 5.33. The van der Waals surface area contributed by atoms with Gasteiger partial charge in [-0.05, 0) is 17.7 Å². The lowest BCUT2D eigenvalue weighted by atomic mass is 10.2. The van der Waals surface area contributed by atoms with E-state index >= 15 is 0 Å². The molecule has 0 spiro atoms. The molecule has 56 valence electrons. The number of aliphatic hydroxyl groups excluding tert-OH is 1. The summed E-state index contributed by atoms with van der Waals surface area (Å²) in [7, 11) is 0. The van der Waals surface area contributed by atoms with Crippen LogP contribution in [0, 0.1) is 12.0 Å². The second-order valence-corrected chi connectivity index (χ2v) is 3.01. The van der Waals surface area contributed by atoms with Crippen LogP contribution in [-0.4, -0.2) is 5.11 Å². The van der Waals surface area contributed by atoms with Gasteiger partial charge in [-0.3, -0.25) is 0 Å². The molecule has 0 aliphatic rings. The van der Waals surface area contributed by atoms with Crippen LogP contribution in [-0.2, 0) is 6.42 Å². The molecule has 11 heavy (non-hydrogen) atoms. The van der Waals surface area contributed by atoms with Crippen molar-refractivity contribution in [3.8, 4) is 12.0 Å². The van der Waals surface area contributed by atoms with Crippen molar-refractivity contribution in [3.05, 3.63) is 34.3 Å². The Morgan fingerprint density at radius 1 is 1.45 bits per heavy atom. The molecule has 0 aromatic heterocycles. The maximum atomic E-state index is 8.22. The van der Waals surface area contributed by atoms with Crippen LogP contribution in [0.25, 0.3) is 0 Å². The lowest BCUT2D eigenvalue weighted by Gasteiger charge is -1.93. The molecule has 0 radical (unpaired) electrons. The molecule has 1 rings (SSSR count). The highest BCUT2D eigenvalue weighted by Gasteiger charge is 1.89. The van der Waals surface area contributed by atoms with E-state index < -0.39 is 0 Å². The average Bonchev–Trinajstić information content (AvgIpc) is 2.01. The Kier molecular flexibility index (Phi) is 3.00. The van der Waals surface area contributed by atoms with Crippen LogP contribution in [0.1, 0.15) is 5.56 Å². The van der Waals surface area contributed by atoms with Gasteiger partial charge in [-0.2, -0.15) is 0 Å². The summed E-state index contributed by atoms with van der Waals surface area (Å²) in [4.78, 5) is 0. The summed E-state index contributed by atoms with van der Waals surface area (Å²) >= 11 is 3.34. The largest absolute Gasteiger partial charge is 0.462 e. The molecule has 2 heteroatoms. The number of halogens is 1. The zero-order valence-corrected chi connectivity index (χ0v) is 7.43. The minimum Gasteiger partial charge on any atom is -0.462 e. The van der Waals surface area contributed by atoms with Crippen molar-refractivity contribution >= 4 is 15.9 Å². The molecule has 0 aliphatic heterocycles. The number of aliphatic hydroxyl groups is 1. The Labute approximate surface area is 74.2 Å². The highest BCUT2D eigenvalue weighted by Crippen LogP contribution is 2.11. The topological polar surface area (TPSA) is 20.2 Å². The third-order valence-electron chi connectivity index (χ3n) is 1.26. The Balaban J connectivity index is 2.76. The zero-order chi connectivity index (χ0) is 8.10. The molecule has 1 nitrogen and oxygen atoms in total. The molecule has 1 N–H and O–H groups in total. The summed E-state index contributed by atoms with van der Waals surface area (Å²) in [6.07, 6.45) is 2.46. The van der Waals surface area contributed by atoms with E-state index in [4.69, 9.17) is 5.11 Å². The van der Waals surface area contributed by atoms with Crippen molar-refractivity contribution < 1.29 is 5.11 Å². The minimum atomic E-state index is 0.593. The molecular weight excluding hydrogens is 204 g/mol. The number of hydrogen-bond donors (Lipinski definition) is 1. The van der Waals surface area contributed by atoms with Crippen molar-refractivity contribution in [1.82, 2.24) is 0 Å². The van der Waals surface area contributed by atoms with Gasteiger partial charge in [-0.1, -0.05) is 34.0 Å². The van der Waals surface area contributed by atoms with Crippen molar-refractivity contribution in [2.75, 3.05) is 0 Å². The van der Waals surface area contributed by atoms with Gasteiger partial charge in [0, 0.05) is 10.9 Å². The number of benzene rings is 1. The first-order valence-corrected chi connectivity index (χ1v) is 3.98. The highest BCUT2D eigenvalue weighted by atomic mass is 79.9. The van der Waals surface area contributed by atoms with Gasteiger partial charge in [0.05, 0.1) is 0 Å². The van der Waals surface area contributed by atoms with E-state index in [9.17, 15) is 0 Å². The van der Waals surface area contributed by atoms with Gasteiger partial charge < -0.3 is 5.11 Å². The van der Waals surface area contributed by atoms with Crippen molar-refractivity contribution in [3.63, 3.8) is 0 Å². The molecule has 0 atom stereocenters. The van der Waals surface area contributed by atoms with Gasteiger partial charge in [-0.15, -0.1) is 0 Å². The van der Waals surface area contributed by atoms with Gasteiger partial charge in [0.25, 0.3) is 0 Å². The summed E-state index contributed by atoms with van der Waals surface area (Å²) in [6, 6.07) is 7.84. The Bertz CT molecular complexity index is 296. The fourth-order valence-electron chi connectivity index (χ4n) is 0.789. The van der Waals surface area contributed by atoms with E-state index in [1.165, 1.54) is 0 Å². The third kappa shape index (κ3) is 2.65. The number of rotatable bonds is 1. The third-order valence-corrected chi connectivity index (χ3v) is 1.75. The van der Waals surface area contributed by atoms with Crippen LogP contribution in [0.5, 0.6) is 0 Å². The highest BCUT2D eigenvalue weighted by molar-refractivity contribution is 9.10. The molecule has 0 unspecified atom stereocenters. The first kappa shape index (κ1) is 8.16. The van der Waals surface area contributed by atoms with Crippen molar-refractivity contribution in [2.24, 2.45) is 0 Å². The lowest BCUT2D eigenvalue weighted by Crippen LogP contribution is -1.79. The van der Waals surface area contributed by atoms with Gasteiger partial charge in [0.15, 0.2) is 0 Å².